The van der Waals surface area contributed by atoms with E-state index in [1.54, 1.807) is 0 Å². The third-order valence-electron chi connectivity index (χ3n) is 1.94. The van der Waals surface area contributed by atoms with E-state index in [4.69, 9.17) is 10.8 Å². The third-order valence-corrected chi connectivity index (χ3v) is 3.40. The summed E-state index contributed by atoms with van der Waals surface area (Å²) < 4.78 is 38.8. The van der Waals surface area contributed by atoms with E-state index < -0.39 is 20.7 Å². The van der Waals surface area contributed by atoms with Gasteiger partial charge in [-0.05, 0) is 24.6 Å². The minimum Gasteiger partial charge on any atom is -0.399 e. The number of nitrogens with two attached hydrogens (primary N) is 1. The second-order valence-electron chi connectivity index (χ2n) is 3.27. The molecule has 7 heteroatoms. The molecule has 4 N–H and O–H groups in total. The Labute approximate surface area is 93.1 Å². The smallest absolute Gasteiger partial charge is 0.243 e. The highest BCUT2D eigenvalue weighted by Gasteiger charge is 2.20. The van der Waals surface area contributed by atoms with Gasteiger partial charge in [0.15, 0.2) is 0 Å². The maximum Gasteiger partial charge on any atom is 0.243 e. The van der Waals surface area contributed by atoms with Gasteiger partial charge in [-0.3, -0.25) is 0 Å². The SMILES string of the molecule is Cc1cc(N)cc(S(=O)(=O)NCCO)c1F. The molecule has 0 radical (unpaired) electrons. The maximum atomic E-state index is 13.6. The molecule has 0 unspecified atom stereocenters. The summed E-state index contributed by atoms with van der Waals surface area (Å²) in [4.78, 5) is -0.501. The Hall–Kier alpha value is -1.18. The van der Waals surface area contributed by atoms with Crippen LogP contribution in [0.15, 0.2) is 17.0 Å². The molecule has 1 aromatic carbocycles. The number of halogens is 1. The molecule has 0 aliphatic heterocycles. The molecular weight excluding hydrogens is 235 g/mol. The van der Waals surface area contributed by atoms with Crippen molar-refractivity contribution in [1.82, 2.24) is 4.72 Å². The number of aryl methyl sites for hydroxylation is 1. The molecule has 0 aromatic heterocycles. The molecule has 0 bridgehead atoms. The minimum atomic E-state index is -3.96. The second kappa shape index (κ2) is 4.77. The molecule has 0 saturated carbocycles. The van der Waals surface area contributed by atoms with Gasteiger partial charge >= 0.3 is 0 Å². The van der Waals surface area contributed by atoms with Crippen LogP contribution in [0.2, 0.25) is 0 Å². The normalized spacial score (nSPS) is 11.7. The first kappa shape index (κ1) is 12.9. The van der Waals surface area contributed by atoms with Gasteiger partial charge < -0.3 is 10.8 Å². The predicted molar refractivity (Wildman–Crippen MR) is 57.8 cm³/mol. The molecule has 16 heavy (non-hydrogen) atoms. The Bertz CT molecular complexity index is 488. The summed E-state index contributed by atoms with van der Waals surface area (Å²) in [5.41, 5.74) is 5.77. The summed E-state index contributed by atoms with van der Waals surface area (Å²) in [7, 11) is -3.96. The molecule has 0 aliphatic carbocycles. The fourth-order valence-corrected chi connectivity index (χ4v) is 2.42. The maximum absolute atomic E-state index is 13.6. The van der Waals surface area contributed by atoms with E-state index in [0.29, 0.717) is 0 Å². The van der Waals surface area contributed by atoms with E-state index in [0.717, 1.165) is 6.07 Å². The summed E-state index contributed by atoms with van der Waals surface area (Å²) in [6, 6.07) is 2.39. The Balaban J connectivity index is 3.22. The second-order valence-corrected chi connectivity index (χ2v) is 5.01. The van der Waals surface area contributed by atoms with Crippen LogP contribution in [0.3, 0.4) is 0 Å². The number of nitrogens with one attached hydrogen (secondary N) is 1. The summed E-state index contributed by atoms with van der Waals surface area (Å²) >= 11 is 0. The average Bonchev–Trinajstić information content (AvgIpc) is 2.20. The van der Waals surface area contributed by atoms with Gasteiger partial charge in [0.2, 0.25) is 10.0 Å². The van der Waals surface area contributed by atoms with Gasteiger partial charge in [0.05, 0.1) is 6.61 Å². The van der Waals surface area contributed by atoms with Crippen molar-refractivity contribution in [2.75, 3.05) is 18.9 Å². The lowest BCUT2D eigenvalue weighted by atomic mass is 10.2. The molecule has 5 nitrogen and oxygen atoms in total. The van der Waals surface area contributed by atoms with Crippen LogP contribution in [0.1, 0.15) is 5.56 Å². The zero-order valence-electron chi connectivity index (χ0n) is 8.70. The average molecular weight is 248 g/mol. The van der Waals surface area contributed by atoms with E-state index >= 15 is 0 Å². The van der Waals surface area contributed by atoms with Crippen molar-refractivity contribution in [1.29, 1.82) is 0 Å². The fraction of sp³-hybridized carbons (Fsp3) is 0.333. The summed E-state index contributed by atoms with van der Waals surface area (Å²) in [6.45, 7) is 0.897. The number of anilines is 1. The van der Waals surface area contributed by atoms with E-state index in [9.17, 15) is 12.8 Å². The standard InChI is InChI=1S/C9H13FN2O3S/c1-6-4-7(11)5-8(9(6)10)16(14,15)12-2-3-13/h4-5,12-13H,2-3,11H2,1H3. The highest BCUT2D eigenvalue weighted by Crippen LogP contribution is 2.21. The van der Waals surface area contributed by atoms with E-state index in [1.165, 1.54) is 13.0 Å². The van der Waals surface area contributed by atoms with Crippen LogP contribution >= 0.6 is 0 Å². The molecular formula is C9H13FN2O3S. The summed E-state index contributed by atoms with van der Waals surface area (Å²) in [6.07, 6.45) is 0. The highest BCUT2D eigenvalue weighted by atomic mass is 32.2. The van der Waals surface area contributed by atoms with Gasteiger partial charge in [-0.15, -0.1) is 0 Å². The zero-order valence-corrected chi connectivity index (χ0v) is 9.51. The van der Waals surface area contributed by atoms with E-state index in [1.807, 2.05) is 4.72 Å². The Morgan fingerprint density at radius 1 is 1.50 bits per heavy atom. The monoisotopic (exact) mass is 248 g/mol. The predicted octanol–water partition coefficient (Wildman–Crippen LogP) is -0.0131. The number of rotatable bonds is 4. The lowest BCUT2D eigenvalue weighted by Crippen LogP contribution is -2.27. The first-order valence-electron chi connectivity index (χ1n) is 4.54. The molecule has 1 aromatic rings. The van der Waals surface area contributed by atoms with Crippen LogP contribution in [0.25, 0.3) is 0 Å². The molecule has 0 aliphatic rings. The first-order valence-corrected chi connectivity index (χ1v) is 6.03. The zero-order chi connectivity index (χ0) is 12.3. The number of aliphatic hydroxyl groups excluding tert-OH is 1. The van der Waals surface area contributed by atoms with Gasteiger partial charge in [0.25, 0.3) is 0 Å². The van der Waals surface area contributed by atoms with Crippen molar-refractivity contribution in [2.45, 2.75) is 11.8 Å². The van der Waals surface area contributed by atoms with Crippen LogP contribution < -0.4 is 10.5 Å². The lowest BCUT2D eigenvalue weighted by molar-refractivity contribution is 0.301. The fourth-order valence-electron chi connectivity index (χ4n) is 1.22. The number of hydrogen-bond donors (Lipinski definition) is 3. The van der Waals surface area contributed by atoms with Crippen molar-refractivity contribution in [3.05, 3.63) is 23.5 Å². The molecule has 0 heterocycles. The van der Waals surface area contributed by atoms with Crippen molar-refractivity contribution in [3.63, 3.8) is 0 Å². The molecule has 1 rings (SSSR count). The molecule has 90 valence electrons. The van der Waals surface area contributed by atoms with Gasteiger partial charge in [-0.1, -0.05) is 0 Å². The summed E-state index contributed by atoms with van der Waals surface area (Å²) in [5.74, 6) is -0.834. The minimum absolute atomic E-state index is 0.157. The van der Waals surface area contributed by atoms with Gasteiger partial charge in [0.1, 0.15) is 10.7 Å². The number of hydrogen-bond acceptors (Lipinski definition) is 4. The van der Waals surface area contributed by atoms with Crippen LogP contribution in [0.5, 0.6) is 0 Å². The number of aliphatic hydroxyl groups is 1. The van der Waals surface area contributed by atoms with Crippen LogP contribution in [0, 0.1) is 12.7 Å². The van der Waals surface area contributed by atoms with Crippen LogP contribution in [-0.4, -0.2) is 26.7 Å². The summed E-state index contributed by atoms with van der Waals surface area (Å²) in [5, 5.41) is 8.51. The van der Waals surface area contributed by atoms with Gasteiger partial charge in [-0.2, -0.15) is 0 Å². The van der Waals surface area contributed by atoms with Crippen LogP contribution in [-0.2, 0) is 10.0 Å². The van der Waals surface area contributed by atoms with Gasteiger partial charge in [-0.25, -0.2) is 17.5 Å². The number of benzene rings is 1. The molecule has 0 atom stereocenters. The molecule has 0 fully saturated rings. The van der Waals surface area contributed by atoms with E-state index in [2.05, 4.69) is 0 Å². The van der Waals surface area contributed by atoms with Crippen molar-refractivity contribution < 1.29 is 17.9 Å². The first-order chi connectivity index (χ1) is 7.38. The van der Waals surface area contributed by atoms with E-state index in [-0.39, 0.29) is 24.4 Å². The number of sulfonamides is 1. The highest BCUT2D eigenvalue weighted by molar-refractivity contribution is 7.89. The lowest BCUT2D eigenvalue weighted by Gasteiger charge is -2.09. The quantitative estimate of drug-likeness (QED) is 0.653. The van der Waals surface area contributed by atoms with Crippen molar-refractivity contribution >= 4 is 15.7 Å². The largest absolute Gasteiger partial charge is 0.399 e. The topological polar surface area (TPSA) is 92.4 Å². The Morgan fingerprint density at radius 2 is 2.12 bits per heavy atom. The molecule has 0 spiro atoms. The Morgan fingerprint density at radius 3 is 2.69 bits per heavy atom. The molecule has 0 amide bonds. The molecule has 0 saturated heterocycles. The van der Waals surface area contributed by atoms with Crippen molar-refractivity contribution in [2.24, 2.45) is 0 Å². The third kappa shape index (κ3) is 2.69. The van der Waals surface area contributed by atoms with Crippen LogP contribution in [0.4, 0.5) is 10.1 Å². The van der Waals surface area contributed by atoms with Gasteiger partial charge in [0, 0.05) is 12.2 Å². The Kier molecular flexibility index (Phi) is 3.84. The number of nitrogen functional groups attached to an aromatic ring is 1. The van der Waals surface area contributed by atoms with Crippen molar-refractivity contribution in [3.8, 4) is 0 Å².